The van der Waals surface area contributed by atoms with E-state index in [-0.39, 0.29) is 11.1 Å². The Bertz CT molecular complexity index is 1880. The molecular formula is C30H22O12. The third kappa shape index (κ3) is 2.54. The van der Waals surface area contributed by atoms with Crippen LogP contribution in [0.4, 0.5) is 0 Å². The van der Waals surface area contributed by atoms with Gasteiger partial charge in [0.05, 0.1) is 56.9 Å². The second-order valence-electron chi connectivity index (χ2n) is 11.6. The molecular weight excluding hydrogens is 552 g/mol. The van der Waals surface area contributed by atoms with E-state index in [9.17, 15) is 59.7 Å². The predicted molar refractivity (Wildman–Crippen MR) is 139 cm³/mol. The molecule has 0 saturated heterocycles. The number of phenols is 4. The maximum atomic E-state index is 14.6. The summed E-state index contributed by atoms with van der Waals surface area (Å²) >= 11 is 0. The minimum Gasteiger partial charge on any atom is -0.507 e. The third-order valence-corrected chi connectivity index (χ3v) is 9.69. The molecule has 1 spiro atoms. The molecule has 2 saturated carbocycles. The highest BCUT2D eigenvalue weighted by molar-refractivity contribution is 6.29. The molecule has 0 radical (unpaired) electrons. The fraction of sp³-hybridized carbons (Fsp3) is 0.300. The van der Waals surface area contributed by atoms with Crippen LogP contribution in [0.3, 0.4) is 0 Å². The number of carbonyl (C=O) groups is 5. The van der Waals surface area contributed by atoms with Crippen molar-refractivity contribution in [1.29, 1.82) is 0 Å². The lowest BCUT2D eigenvalue weighted by Crippen LogP contribution is -2.56. The Balaban J connectivity index is 1.62. The van der Waals surface area contributed by atoms with E-state index >= 15 is 0 Å². The number of aliphatic hydroxyl groups is 3. The Kier molecular flexibility index (Phi) is 4.80. The zero-order chi connectivity index (χ0) is 30.5. The van der Waals surface area contributed by atoms with Gasteiger partial charge in [0, 0.05) is 29.4 Å². The van der Waals surface area contributed by atoms with Gasteiger partial charge in [-0.2, -0.15) is 0 Å². The summed E-state index contributed by atoms with van der Waals surface area (Å²) in [6.45, 7) is 2.65. The standard InChI is InChI=1S/C30H22O12/c1-6-3-8(31)12-16(22(6)35)25(38)14-15-19-10(33)5-11(34)20-26(39)13-9(32)4-7(2)23(36)18(13)29(42)30(19,20)21(27(15)40)28(41)17(14)24(12)37/h3-4,10,15,19,21,27,32-33,36-40H,5H2,1-2H3/t10-,15-,19-,21+,27-,30-/m0/s1. The van der Waals surface area contributed by atoms with Crippen molar-refractivity contribution in [2.75, 3.05) is 0 Å². The molecule has 0 aliphatic heterocycles. The van der Waals surface area contributed by atoms with Crippen LogP contribution in [0.2, 0.25) is 0 Å². The molecule has 2 bridgehead atoms. The highest BCUT2D eigenvalue weighted by Gasteiger charge is 2.76. The van der Waals surface area contributed by atoms with Crippen LogP contribution in [-0.2, 0) is 4.79 Å². The number of hydrogen-bond acceptors (Lipinski definition) is 12. The topological polar surface area (TPSA) is 227 Å². The number of aliphatic hydroxyl groups excluding tert-OH is 3. The predicted octanol–water partition coefficient (Wildman–Crippen LogP) is 1.52. The maximum absolute atomic E-state index is 14.6. The van der Waals surface area contributed by atoms with E-state index in [0.717, 1.165) is 12.1 Å². The lowest BCUT2D eigenvalue weighted by Gasteiger charge is -2.47. The fourth-order valence-electron chi connectivity index (χ4n) is 8.19. The van der Waals surface area contributed by atoms with Gasteiger partial charge in [0.1, 0.15) is 28.8 Å². The number of allylic oxidation sites excluding steroid dienone is 3. The number of phenolic OH excluding ortho intramolecular Hbond substituents is 4. The van der Waals surface area contributed by atoms with Crippen molar-refractivity contribution in [1.82, 2.24) is 0 Å². The molecule has 42 heavy (non-hydrogen) atoms. The number of aryl methyl sites for hydroxylation is 1. The zero-order valence-electron chi connectivity index (χ0n) is 21.9. The molecule has 5 aliphatic rings. The molecule has 12 heteroatoms. The number of benzene rings is 2. The van der Waals surface area contributed by atoms with Crippen molar-refractivity contribution in [3.8, 4) is 23.0 Å². The molecule has 7 rings (SSSR count). The first-order chi connectivity index (χ1) is 19.7. The minimum atomic E-state index is -2.52. The summed E-state index contributed by atoms with van der Waals surface area (Å²) in [5.41, 5.74) is -6.89. The van der Waals surface area contributed by atoms with E-state index in [1.54, 1.807) is 0 Å². The smallest absolute Gasteiger partial charge is 0.193 e. The summed E-state index contributed by atoms with van der Waals surface area (Å²) in [5, 5.41) is 78.7. The first kappa shape index (κ1) is 26.1. The normalized spacial score (nSPS) is 30.9. The van der Waals surface area contributed by atoms with Gasteiger partial charge >= 0.3 is 0 Å². The average Bonchev–Trinajstić information content (AvgIpc) is 3.11. The fourth-order valence-corrected chi connectivity index (χ4v) is 8.19. The maximum Gasteiger partial charge on any atom is 0.193 e. The highest BCUT2D eigenvalue weighted by Crippen LogP contribution is 2.71. The van der Waals surface area contributed by atoms with E-state index in [4.69, 9.17) is 0 Å². The van der Waals surface area contributed by atoms with Crippen LogP contribution in [0.15, 0.2) is 23.3 Å². The number of aromatic hydroxyl groups is 4. The zero-order valence-corrected chi connectivity index (χ0v) is 21.9. The average molecular weight is 574 g/mol. The molecule has 2 fully saturated rings. The number of ketones is 5. The second kappa shape index (κ2) is 7.72. The Morgan fingerprint density at radius 3 is 2.14 bits per heavy atom. The Morgan fingerprint density at radius 1 is 0.810 bits per heavy atom. The van der Waals surface area contributed by atoms with Crippen molar-refractivity contribution in [2.45, 2.75) is 38.4 Å². The summed E-state index contributed by atoms with van der Waals surface area (Å²) in [4.78, 5) is 68.3. The van der Waals surface area contributed by atoms with Crippen molar-refractivity contribution < 1.29 is 59.7 Å². The molecule has 6 atom stereocenters. The van der Waals surface area contributed by atoms with Gasteiger partial charge in [0.2, 0.25) is 0 Å². The number of carbonyl (C=O) groups excluding carboxylic acids is 5. The minimum absolute atomic E-state index is 0.00507. The van der Waals surface area contributed by atoms with Crippen molar-refractivity contribution in [2.24, 2.45) is 17.3 Å². The van der Waals surface area contributed by atoms with E-state index in [0.29, 0.717) is 0 Å². The lowest BCUT2D eigenvalue weighted by molar-refractivity contribution is -0.123. The Labute approximate surface area is 235 Å². The molecule has 12 nitrogen and oxygen atoms in total. The Hall–Kier alpha value is -4.81. The van der Waals surface area contributed by atoms with E-state index in [2.05, 4.69) is 0 Å². The molecule has 5 aliphatic carbocycles. The molecule has 2 aromatic rings. The van der Waals surface area contributed by atoms with Crippen LogP contribution in [0.5, 0.6) is 23.0 Å². The van der Waals surface area contributed by atoms with Crippen molar-refractivity contribution in [3.63, 3.8) is 0 Å². The van der Waals surface area contributed by atoms with E-state index < -0.39 is 138 Å². The number of fused-ring (bicyclic) bond motifs is 7. The Morgan fingerprint density at radius 2 is 1.48 bits per heavy atom. The largest absolute Gasteiger partial charge is 0.507 e. The molecule has 0 amide bonds. The summed E-state index contributed by atoms with van der Waals surface area (Å²) < 4.78 is 0. The molecule has 0 aromatic heterocycles. The van der Waals surface area contributed by atoms with Gasteiger partial charge in [-0.3, -0.25) is 24.0 Å². The summed E-state index contributed by atoms with van der Waals surface area (Å²) in [6, 6.07) is 1.06. The highest BCUT2D eigenvalue weighted by atomic mass is 16.3. The van der Waals surface area contributed by atoms with E-state index in [1.807, 2.05) is 0 Å². The third-order valence-electron chi connectivity index (χ3n) is 9.69. The second-order valence-corrected chi connectivity index (χ2v) is 11.6. The van der Waals surface area contributed by atoms with Gasteiger partial charge in [-0.15, -0.1) is 0 Å². The van der Waals surface area contributed by atoms with Crippen LogP contribution in [0.1, 0.15) is 77.4 Å². The number of hydrogen-bond donors (Lipinski definition) is 7. The first-order valence-corrected chi connectivity index (χ1v) is 13.1. The molecule has 0 unspecified atom stereocenters. The van der Waals surface area contributed by atoms with E-state index in [1.165, 1.54) is 13.8 Å². The lowest BCUT2D eigenvalue weighted by atomic mass is 9.53. The van der Waals surface area contributed by atoms with Gasteiger partial charge in [0.25, 0.3) is 0 Å². The monoisotopic (exact) mass is 574 g/mol. The molecule has 7 N–H and O–H groups in total. The molecule has 2 aromatic carbocycles. The van der Waals surface area contributed by atoms with Gasteiger partial charge in [-0.05, 0) is 31.6 Å². The summed E-state index contributed by atoms with van der Waals surface area (Å²) in [5.74, 6) is -14.3. The van der Waals surface area contributed by atoms with Gasteiger partial charge < -0.3 is 35.7 Å². The van der Waals surface area contributed by atoms with Crippen LogP contribution in [0, 0.1) is 24.2 Å². The number of rotatable bonds is 0. The molecule has 214 valence electrons. The first-order valence-electron chi connectivity index (χ1n) is 13.1. The van der Waals surface area contributed by atoms with Crippen molar-refractivity contribution in [3.05, 3.63) is 62.2 Å². The van der Waals surface area contributed by atoms with Crippen LogP contribution in [0.25, 0.3) is 5.76 Å². The van der Waals surface area contributed by atoms with Gasteiger partial charge in [-0.25, -0.2) is 0 Å². The van der Waals surface area contributed by atoms with Crippen molar-refractivity contribution >= 4 is 34.7 Å². The van der Waals surface area contributed by atoms with Gasteiger partial charge in [-0.1, -0.05) is 0 Å². The number of Topliss-reactive ketones (excluding diaryl/α,β-unsaturated/α-hetero) is 4. The van der Waals surface area contributed by atoms with Crippen LogP contribution in [-0.4, -0.2) is 76.9 Å². The summed E-state index contributed by atoms with van der Waals surface area (Å²) in [6.07, 6.45) is -3.42. The van der Waals surface area contributed by atoms with Crippen LogP contribution < -0.4 is 0 Å². The van der Waals surface area contributed by atoms with Crippen LogP contribution >= 0.6 is 0 Å². The quantitative estimate of drug-likeness (QED) is 0.222. The SMILES string of the molecule is CC1=CC(=O)c2c(O)c3c(c(O)c2C1=O)[C@@H]1[C@H](O)[C@H](C3=O)[C@@]23C(=O)c4c(O)c(C)cc(O)c4C(O)=C2C(=O)C[C@H](O)[C@@H]13. The van der Waals surface area contributed by atoms with Gasteiger partial charge in [0.15, 0.2) is 28.9 Å². The summed E-state index contributed by atoms with van der Waals surface area (Å²) in [7, 11) is 0. The molecule has 0 heterocycles.